The van der Waals surface area contributed by atoms with Crippen molar-refractivity contribution in [1.29, 1.82) is 0 Å². The number of nitrogens with zero attached hydrogens (tertiary/aromatic N) is 2. The fourth-order valence-corrected chi connectivity index (χ4v) is 1.66. The minimum atomic E-state index is 0.0198. The molecule has 0 aliphatic rings. The van der Waals surface area contributed by atoms with Gasteiger partial charge in [-0.1, -0.05) is 0 Å². The van der Waals surface area contributed by atoms with Gasteiger partial charge in [-0.2, -0.15) is 5.10 Å². The molecule has 0 saturated carbocycles. The van der Waals surface area contributed by atoms with Crippen molar-refractivity contribution >= 4 is 17.5 Å². The Bertz CT molecular complexity index is 349. The summed E-state index contributed by atoms with van der Waals surface area (Å²) in [7, 11) is 0. The number of aromatic amines is 1. The van der Waals surface area contributed by atoms with E-state index in [1.807, 2.05) is 25.7 Å². The molecule has 0 spiro atoms. The number of alkyl halides is 1. The van der Waals surface area contributed by atoms with E-state index in [4.69, 9.17) is 11.6 Å². The summed E-state index contributed by atoms with van der Waals surface area (Å²) in [5, 5.41) is 6.64. The van der Waals surface area contributed by atoms with E-state index in [1.54, 1.807) is 6.20 Å². The molecule has 1 heterocycles. The van der Waals surface area contributed by atoms with Gasteiger partial charge in [-0.3, -0.25) is 9.89 Å². The van der Waals surface area contributed by atoms with Gasteiger partial charge in [-0.25, -0.2) is 0 Å². The van der Waals surface area contributed by atoms with Gasteiger partial charge < -0.3 is 4.90 Å². The summed E-state index contributed by atoms with van der Waals surface area (Å²) < 4.78 is 0. The molecule has 0 atom stereocenters. The van der Waals surface area contributed by atoms with Crippen molar-refractivity contribution in [2.75, 3.05) is 12.4 Å². The van der Waals surface area contributed by atoms with Crippen LogP contribution < -0.4 is 0 Å². The van der Waals surface area contributed by atoms with Gasteiger partial charge in [0.15, 0.2) is 0 Å². The fraction of sp³-hybridized carbons (Fsp3) is 0.636. The fourth-order valence-electron chi connectivity index (χ4n) is 1.55. The zero-order valence-corrected chi connectivity index (χ0v) is 10.7. The number of halogens is 1. The molecule has 1 amide bonds. The topological polar surface area (TPSA) is 49.0 Å². The molecular formula is C11H18ClN3O. The van der Waals surface area contributed by atoms with Gasteiger partial charge in [0.2, 0.25) is 0 Å². The summed E-state index contributed by atoms with van der Waals surface area (Å²) in [6.45, 7) is 6.54. The Kier molecular flexibility index (Phi) is 4.80. The minimum Gasteiger partial charge on any atom is -0.336 e. The van der Waals surface area contributed by atoms with Gasteiger partial charge in [0.05, 0.1) is 11.8 Å². The highest BCUT2D eigenvalue weighted by Crippen LogP contribution is 2.11. The van der Waals surface area contributed by atoms with Crippen molar-refractivity contribution in [3.05, 3.63) is 17.5 Å². The smallest absolute Gasteiger partial charge is 0.257 e. The van der Waals surface area contributed by atoms with Crippen LogP contribution in [0.1, 0.15) is 36.3 Å². The van der Waals surface area contributed by atoms with Crippen molar-refractivity contribution in [3.8, 4) is 0 Å². The number of H-pyrrole nitrogens is 1. The van der Waals surface area contributed by atoms with Gasteiger partial charge in [-0.15, -0.1) is 11.6 Å². The first-order chi connectivity index (χ1) is 7.57. The molecule has 1 N–H and O–H groups in total. The van der Waals surface area contributed by atoms with Crippen LogP contribution in [-0.4, -0.2) is 39.5 Å². The number of rotatable bonds is 5. The lowest BCUT2D eigenvalue weighted by molar-refractivity contribution is 0.0706. The average molecular weight is 244 g/mol. The van der Waals surface area contributed by atoms with E-state index in [0.29, 0.717) is 18.0 Å². The third-order valence-electron chi connectivity index (χ3n) is 2.48. The molecule has 0 bridgehead atoms. The third kappa shape index (κ3) is 2.98. The van der Waals surface area contributed by atoms with E-state index in [0.717, 1.165) is 12.1 Å². The molecule has 0 aromatic carbocycles. The lowest BCUT2D eigenvalue weighted by Crippen LogP contribution is -2.38. The van der Waals surface area contributed by atoms with Crippen molar-refractivity contribution in [1.82, 2.24) is 15.1 Å². The Hall–Kier alpha value is -1.03. The summed E-state index contributed by atoms with van der Waals surface area (Å²) in [6.07, 6.45) is 2.39. The summed E-state index contributed by atoms with van der Waals surface area (Å²) in [5.74, 6) is 0.590. The van der Waals surface area contributed by atoms with Crippen LogP contribution in [0.4, 0.5) is 0 Å². The first-order valence-corrected chi connectivity index (χ1v) is 5.98. The van der Waals surface area contributed by atoms with E-state index < -0.39 is 0 Å². The maximum absolute atomic E-state index is 12.2. The Morgan fingerprint density at radius 2 is 2.31 bits per heavy atom. The second kappa shape index (κ2) is 5.89. The molecule has 90 valence electrons. The van der Waals surface area contributed by atoms with E-state index in [-0.39, 0.29) is 11.9 Å². The molecule has 0 saturated heterocycles. The molecule has 1 aromatic heterocycles. The summed E-state index contributed by atoms with van der Waals surface area (Å²) in [4.78, 5) is 14.0. The number of aryl methyl sites for hydroxylation is 1. The molecule has 0 aliphatic carbocycles. The number of carbonyl (C=O) groups excluding carboxylic acids is 1. The number of carbonyl (C=O) groups is 1. The predicted octanol–water partition coefficient (Wildman–Crippen LogP) is 2.20. The van der Waals surface area contributed by atoms with E-state index in [9.17, 15) is 4.79 Å². The predicted molar refractivity (Wildman–Crippen MR) is 64.8 cm³/mol. The van der Waals surface area contributed by atoms with E-state index >= 15 is 0 Å². The molecule has 1 rings (SSSR count). The lowest BCUT2D eigenvalue weighted by atomic mass is 10.2. The number of hydrogen-bond donors (Lipinski definition) is 1. The maximum Gasteiger partial charge on any atom is 0.257 e. The molecule has 0 radical (unpaired) electrons. The third-order valence-corrected chi connectivity index (χ3v) is 2.74. The second-order valence-corrected chi connectivity index (χ2v) is 4.42. The highest BCUT2D eigenvalue weighted by molar-refractivity contribution is 6.17. The van der Waals surface area contributed by atoms with Gasteiger partial charge >= 0.3 is 0 Å². The summed E-state index contributed by atoms with van der Waals surface area (Å²) >= 11 is 5.65. The van der Waals surface area contributed by atoms with E-state index in [2.05, 4.69) is 10.2 Å². The van der Waals surface area contributed by atoms with Gasteiger partial charge in [0, 0.05) is 24.2 Å². The first kappa shape index (κ1) is 13.0. The van der Waals surface area contributed by atoms with Crippen molar-refractivity contribution < 1.29 is 4.79 Å². The average Bonchev–Trinajstić information content (AvgIpc) is 2.64. The standard InChI is InChI=1S/C11H18ClN3O/c1-8(2)15(6-4-5-12)11(16)10-7-13-14-9(10)3/h7-8H,4-6H2,1-3H3,(H,13,14). The van der Waals surface area contributed by atoms with Crippen LogP contribution >= 0.6 is 11.6 Å². The largest absolute Gasteiger partial charge is 0.336 e. The van der Waals surface area contributed by atoms with Crippen LogP contribution in [0.25, 0.3) is 0 Å². The number of nitrogens with one attached hydrogen (secondary N) is 1. The van der Waals surface area contributed by atoms with Crippen LogP contribution in [0.5, 0.6) is 0 Å². The van der Waals surface area contributed by atoms with Crippen LogP contribution in [-0.2, 0) is 0 Å². The highest BCUT2D eigenvalue weighted by Gasteiger charge is 2.20. The Morgan fingerprint density at radius 3 is 2.75 bits per heavy atom. The Morgan fingerprint density at radius 1 is 1.62 bits per heavy atom. The molecule has 0 aliphatic heterocycles. The Labute approximate surface area is 101 Å². The second-order valence-electron chi connectivity index (χ2n) is 4.04. The quantitative estimate of drug-likeness (QED) is 0.806. The highest BCUT2D eigenvalue weighted by atomic mass is 35.5. The first-order valence-electron chi connectivity index (χ1n) is 5.44. The van der Waals surface area contributed by atoms with Gasteiger partial charge in [-0.05, 0) is 27.2 Å². The van der Waals surface area contributed by atoms with Crippen molar-refractivity contribution in [3.63, 3.8) is 0 Å². The molecule has 16 heavy (non-hydrogen) atoms. The molecule has 5 heteroatoms. The molecule has 0 fully saturated rings. The van der Waals surface area contributed by atoms with Gasteiger partial charge in [0.1, 0.15) is 0 Å². The molecule has 0 unspecified atom stereocenters. The summed E-state index contributed by atoms with van der Waals surface area (Å²) in [6, 6.07) is 0.171. The van der Waals surface area contributed by atoms with Crippen molar-refractivity contribution in [2.45, 2.75) is 33.2 Å². The number of amides is 1. The van der Waals surface area contributed by atoms with Crippen LogP contribution in [0, 0.1) is 6.92 Å². The SMILES string of the molecule is Cc1[nH]ncc1C(=O)N(CCCCl)C(C)C. The van der Waals surface area contributed by atoms with Gasteiger partial charge in [0.25, 0.3) is 5.91 Å². The summed E-state index contributed by atoms with van der Waals surface area (Å²) in [5.41, 5.74) is 1.45. The molecule has 1 aromatic rings. The maximum atomic E-state index is 12.2. The van der Waals surface area contributed by atoms with Crippen LogP contribution in [0.3, 0.4) is 0 Å². The van der Waals surface area contributed by atoms with Crippen LogP contribution in [0.2, 0.25) is 0 Å². The Balaban J connectivity index is 2.79. The number of aromatic nitrogens is 2. The normalized spacial score (nSPS) is 10.8. The molecule has 4 nitrogen and oxygen atoms in total. The van der Waals surface area contributed by atoms with Crippen molar-refractivity contribution in [2.24, 2.45) is 0 Å². The zero-order chi connectivity index (χ0) is 12.1. The zero-order valence-electron chi connectivity index (χ0n) is 9.96. The monoisotopic (exact) mass is 243 g/mol. The lowest BCUT2D eigenvalue weighted by Gasteiger charge is -2.26. The minimum absolute atomic E-state index is 0.0198. The van der Waals surface area contributed by atoms with Crippen LogP contribution in [0.15, 0.2) is 6.20 Å². The van der Waals surface area contributed by atoms with E-state index in [1.165, 1.54) is 0 Å². The molecular weight excluding hydrogens is 226 g/mol. The number of hydrogen-bond acceptors (Lipinski definition) is 2.